The molecule has 0 radical (unpaired) electrons. The number of nitrogens with zero attached hydrogens (tertiary/aromatic N) is 2. The zero-order chi connectivity index (χ0) is 18.9. The number of guanidine groups is 1. The van der Waals surface area contributed by atoms with Crippen molar-refractivity contribution in [3.05, 3.63) is 71.0 Å². The normalized spacial score (nSPS) is 15.1. The fourth-order valence-corrected chi connectivity index (χ4v) is 3.28. The third kappa shape index (κ3) is 6.07. The van der Waals surface area contributed by atoms with E-state index in [0.29, 0.717) is 24.6 Å². The van der Waals surface area contributed by atoms with E-state index in [4.69, 9.17) is 0 Å². The Balaban J connectivity index is 1.55. The van der Waals surface area contributed by atoms with Crippen LogP contribution < -0.4 is 10.6 Å². The number of nitrogens with one attached hydrogen (secondary N) is 2. The lowest BCUT2D eigenvalue weighted by Crippen LogP contribution is -2.37. The molecule has 2 N–H and O–H groups in total. The van der Waals surface area contributed by atoms with Crippen LogP contribution in [-0.4, -0.2) is 30.5 Å². The van der Waals surface area contributed by atoms with Gasteiger partial charge in [-0.2, -0.15) is 0 Å². The summed E-state index contributed by atoms with van der Waals surface area (Å²) in [6.45, 7) is 7.25. The molecule has 0 unspecified atom stereocenters. The van der Waals surface area contributed by atoms with Crippen molar-refractivity contribution in [2.75, 3.05) is 19.6 Å². The van der Waals surface area contributed by atoms with E-state index in [9.17, 15) is 4.39 Å². The molecular weight excluding hydrogens is 339 g/mol. The van der Waals surface area contributed by atoms with Crippen LogP contribution in [0.25, 0.3) is 0 Å². The summed E-state index contributed by atoms with van der Waals surface area (Å²) < 4.78 is 13.8. The SMILES string of the molecule is CCNC(=NCc1ccc(CN2CCCC2)cc1)NCc1ccccc1F. The van der Waals surface area contributed by atoms with E-state index in [1.807, 2.05) is 13.0 Å². The van der Waals surface area contributed by atoms with Crippen LogP contribution in [-0.2, 0) is 19.6 Å². The van der Waals surface area contributed by atoms with Gasteiger partial charge in [-0.1, -0.05) is 42.5 Å². The summed E-state index contributed by atoms with van der Waals surface area (Å²) in [4.78, 5) is 7.13. The summed E-state index contributed by atoms with van der Waals surface area (Å²) in [5.41, 5.74) is 3.16. The van der Waals surface area contributed by atoms with Crippen LogP contribution >= 0.6 is 0 Å². The fraction of sp³-hybridized carbons (Fsp3) is 0.409. The van der Waals surface area contributed by atoms with Gasteiger partial charge in [-0.15, -0.1) is 0 Å². The van der Waals surface area contributed by atoms with Gasteiger partial charge in [0.15, 0.2) is 5.96 Å². The first-order valence-electron chi connectivity index (χ1n) is 9.80. The van der Waals surface area contributed by atoms with E-state index >= 15 is 0 Å². The summed E-state index contributed by atoms with van der Waals surface area (Å²) in [6.07, 6.45) is 2.64. The Kier molecular flexibility index (Phi) is 7.22. The van der Waals surface area contributed by atoms with Gasteiger partial charge in [-0.25, -0.2) is 9.38 Å². The second-order valence-corrected chi connectivity index (χ2v) is 6.94. The summed E-state index contributed by atoms with van der Waals surface area (Å²) in [5.74, 6) is 0.497. The van der Waals surface area contributed by atoms with Gasteiger partial charge < -0.3 is 10.6 Å². The molecule has 1 fully saturated rings. The van der Waals surface area contributed by atoms with Crippen LogP contribution in [0.15, 0.2) is 53.5 Å². The molecule has 5 heteroatoms. The van der Waals surface area contributed by atoms with Gasteiger partial charge in [0.1, 0.15) is 5.82 Å². The second kappa shape index (κ2) is 10.1. The van der Waals surface area contributed by atoms with Crippen molar-refractivity contribution in [2.45, 2.75) is 39.4 Å². The van der Waals surface area contributed by atoms with Crippen molar-refractivity contribution in [3.8, 4) is 0 Å². The predicted octanol–water partition coefficient (Wildman–Crippen LogP) is 3.68. The zero-order valence-corrected chi connectivity index (χ0v) is 16.0. The molecule has 2 aromatic carbocycles. The van der Waals surface area contributed by atoms with Crippen molar-refractivity contribution in [3.63, 3.8) is 0 Å². The first-order chi connectivity index (χ1) is 13.2. The molecule has 27 heavy (non-hydrogen) atoms. The highest BCUT2D eigenvalue weighted by Crippen LogP contribution is 2.13. The maximum Gasteiger partial charge on any atom is 0.191 e. The maximum absolute atomic E-state index is 13.8. The highest BCUT2D eigenvalue weighted by molar-refractivity contribution is 5.79. The largest absolute Gasteiger partial charge is 0.357 e. The zero-order valence-electron chi connectivity index (χ0n) is 16.0. The first-order valence-corrected chi connectivity index (χ1v) is 9.80. The lowest BCUT2D eigenvalue weighted by Gasteiger charge is -2.14. The molecule has 1 aliphatic rings. The molecule has 3 rings (SSSR count). The number of benzene rings is 2. The third-order valence-electron chi connectivity index (χ3n) is 4.80. The van der Waals surface area contributed by atoms with Gasteiger partial charge in [-0.05, 0) is 50.0 Å². The van der Waals surface area contributed by atoms with E-state index in [1.165, 1.54) is 43.1 Å². The standard InChI is InChI=1S/C22H29FN4/c1-2-24-22(26-16-20-7-3-4-8-21(20)23)25-15-18-9-11-19(12-10-18)17-27-13-5-6-14-27/h3-4,7-12H,2,5-6,13-17H2,1H3,(H2,24,25,26). The molecule has 0 saturated carbocycles. The number of halogens is 1. The molecule has 2 aromatic rings. The molecule has 0 bridgehead atoms. The Morgan fingerprint density at radius 3 is 2.41 bits per heavy atom. The lowest BCUT2D eigenvalue weighted by molar-refractivity contribution is 0.331. The molecule has 144 valence electrons. The third-order valence-corrected chi connectivity index (χ3v) is 4.80. The molecule has 1 saturated heterocycles. The number of hydrogen-bond donors (Lipinski definition) is 2. The van der Waals surface area contributed by atoms with E-state index in [0.717, 1.165) is 13.1 Å². The molecular formula is C22H29FN4. The molecule has 0 aromatic heterocycles. The molecule has 0 atom stereocenters. The van der Waals surface area contributed by atoms with Gasteiger partial charge >= 0.3 is 0 Å². The number of likely N-dealkylation sites (tertiary alicyclic amines) is 1. The smallest absolute Gasteiger partial charge is 0.191 e. The van der Waals surface area contributed by atoms with Crippen molar-refractivity contribution < 1.29 is 4.39 Å². The van der Waals surface area contributed by atoms with Gasteiger partial charge in [0, 0.05) is 25.2 Å². The van der Waals surface area contributed by atoms with Gasteiger partial charge in [0.05, 0.1) is 6.54 Å². The molecule has 4 nitrogen and oxygen atoms in total. The average Bonchev–Trinajstić information content (AvgIpc) is 3.19. The Bertz CT molecular complexity index is 736. The topological polar surface area (TPSA) is 39.7 Å². The fourth-order valence-electron chi connectivity index (χ4n) is 3.28. The van der Waals surface area contributed by atoms with E-state index in [-0.39, 0.29) is 5.82 Å². The monoisotopic (exact) mass is 368 g/mol. The molecule has 1 heterocycles. The van der Waals surface area contributed by atoms with Crippen molar-refractivity contribution in [2.24, 2.45) is 4.99 Å². The molecule has 1 aliphatic heterocycles. The summed E-state index contributed by atoms with van der Waals surface area (Å²) in [5, 5.41) is 6.41. The van der Waals surface area contributed by atoms with Crippen LogP contribution in [0.1, 0.15) is 36.5 Å². The molecule has 0 spiro atoms. The van der Waals surface area contributed by atoms with E-state index < -0.39 is 0 Å². The summed E-state index contributed by atoms with van der Waals surface area (Å²) in [7, 11) is 0. The van der Waals surface area contributed by atoms with E-state index in [1.54, 1.807) is 12.1 Å². The first kappa shape index (κ1) is 19.4. The highest BCUT2D eigenvalue weighted by Gasteiger charge is 2.11. The van der Waals surface area contributed by atoms with E-state index in [2.05, 4.69) is 44.8 Å². The number of aliphatic imine (C=N–C) groups is 1. The van der Waals surface area contributed by atoms with Gasteiger partial charge in [0.25, 0.3) is 0 Å². The molecule has 0 amide bonds. The molecule has 0 aliphatic carbocycles. The minimum atomic E-state index is -0.200. The number of hydrogen-bond acceptors (Lipinski definition) is 2. The summed E-state index contributed by atoms with van der Waals surface area (Å²) in [6, 6.07) is 15.5. The second-order valence-electron chi connectivity index (χ2n) is 6.94. The number of rotatable bonds is 7. The Morgan fingerprint density at radius 2 is 1.70 bits per heavy atom. The lowest BCUT2D eigenvalue weighted by atomic mass is 10.1. The Labute approximate surface area is 161 Å². The van der Waals surface area contributed by atoms with Crippen molar-refractivity contribution >= 4 is 5.96 Å². The van der Waals surface area contributed by atoms with Crippen LogP contribution in [0, 0.1) is 5.82 Å². The summed E-state index contributed by atoms with van der Waals surface area (Å²) >= 11 is 0. The van der Waals surface area contributed by atoms with Crippen LogP contribution in [0.4, 0.5) is 4.39 Å². The van der Waals surface area contributed by atoms with Gasteiger partial charge in [-0.3, -0.25) is 4.90 Å². The maximum atomic E-state index is 13.8. The average molecular weight is 368 g/mol. The predicted molar refractivity (Wildman–Crippen MR) is 109 cm³/mol. The van der Waals surface area contributed by atoms with Crippen molar-refractivity contribution in [1.82, 2.24) is 15.5 Å². The highest BCUT2D eigenvalue weighted by atomic mass is 19.1. The minimum Gasteiger partial charge on any atom is -0.357 e. The Hall–Kier alpha value is -2.40. The van der Waals surface area contributed by atoms with Crippen LogP contribution in [0.5, 0.6) is 0 Å². The van der Waals surface area contributed by atoms with Crippen LogP contribution in [0.2, 0.25) is 0 Å². The van der Waals surface area contributed by atoms with Crippen molar-refractivity contribution in [1.29, 1.82) is 0 Å². The Morgan fingerprint density at radius 1 is 1.00 bits per heavy atom. The minimum absolute atomic E-state index is 0.200. The quantitative estimate of drug-likeness (QED) is 0.579. The van der Waals surface area contributed by atoms with Gasteiger partial charge in [0.2, 0.25) is 0 Å². The van der Waals surface area contributed by atoms with Crippen LogP contribution in [0.3, 0.4) is 0 Å².